The van der Waals surface area contributed by atoms with Gasteiger partial charge in [-0.25, -0.2) is 19.9 Å². The van der Waals surface area contributed by atoms with Gasteiger partial charge < -0.3 is 19.4 Å². The van der Waals surface area contributed by atoms with Crippen LogP contribution in [0.4, 0.5) is 11.9 Å². The number of aromatic nitrogens is 4. The first-order valence-corrected chi connectivity index (χ1v) is 8.78. The fourth-order valence-corrected chi connectivity index (χ4v) is 3.11. The zero-order chi connectivity index (χ0) is 17.8. The fraction of sp³-hybridized carbons (Fsp3) is 0.471. The van der Waals surface area contributed by atoms with Crippen LogP contribution in [0.2, 0.25) is 0 Å². The number of hydrogen-bond acceptors (Lipinski definition) is 8. The number of amides is 1. The highest BCUT2D eigenvalue weighted by Gasteiger charge is 2.23. The summed E-state index contributed by atoms with van der Waals surface area (Å²) in [7, 11) is 0. The van der Waals surface area contributed by atoms with Crippen LogP contribution in [-0.4, -0.2) is 83.2 Å². The quantitative estimate of drug-likeness (QED) is 0.764. The van der Waals surface area contributed by atoms with E-state index in [1.807, 2.05) is 6.07 Å². The van der Waals surface area contributed by atoms with E-state index >= 15 is 0 Å². The van der Waals surface area contributed by atoms with Gasteiger partial charge in [-0.05, 0) is 12.1 Å². The lowest BCUT2D eigenvalue weighted by Crippen LogP contribution is -2.48. The molecule has 2 aromatic heterocycles. The third kappa shape index (κ3) is 3.57. The zero-order valence-corrected chi connectivity index (χ0v) is 14.5. The molecule has 9 heteroatoms. The number of anilines is 2. The van der Waals surface area contributed by atoms with E-state index in [4.69, 9.17) is 4.74 Å². The number of ether oxygens (including phenoxy) is 1. The maximum Gasteiger partial charge on any atom is 0.272 e. The summed E-state index contributed by atoms with van der Waals surface area (Å²) in [5.41, 5.74) is 0.436. The van der Waals surface area contributed by atoms with Crippen molar-refractivity contribution in [3.63, 3.8) is 0 Å². The van der Waals surface area contributed by atoms with Gasteiger partial charge in [0.05, 0.1) is 13.2 Å². The molecule has 0 radical (unpaired) electrons. The van der Waals surface area contributed by atoms with Gasteiger partial charge in [0, 0.05) is 57.9 Å². The van der Waals surface area contributed by atoms with Crippen LogP contribution in [0.15, 0.2) is 30.7 Å². The maximum absolute atomic E-state index is 12.6. The molecule has 2 aliphatic rings. The molecule has 0 aromatic carbocycles. The van der Waals surface area contributed by atoms with Crippen LogP contribution in [0.5, 0.6) is 0 Å². The van der Waals surface area contributed by atoms with Crippen molar-refractivity contribution < 1.29 is 9.53 Å². The van der Waals surface area contributed by atoms with E-state index in [9.17, 15) is 4.79 Å². The number of rotatable bonds is 3. The molecule has 2 aliphatic heterocycles. The predicted octanol–water partition coefficient (Wildman–Crippen LogP) is 0.0656. The fourth-order valence-electron chi connectivity index (χ4n) is 3.11. The second-order valence-corrected chi connectivity index (χ2v) is 6.17. The second-order valence-electron chi connectivity index (χ2n) is 6.17. The Hall–Kier alpha value is -2.81. The molecule has 0 N–H and O–H groups in total. The van der Waals surface area contributed by atoms with Crippen molar-refractivity contribution in [2.45, 2.75) is 0 Å². The molecule has 0 spiro atoms. The molecular formula is C17H21N7O2. The van der Waals surface area contributed by atoms with E-state index in [0.29, 0.717) is 37.9 Å². The minimum atomic E-state index is -0.0618. The lowest BCUT2D eigenvalue weighted by atomic mass is 10.3. The molecule has 2 aromatic rings. The third-order valence-electron chi connectivity index (χ3n) is 4.56. The van der Waals surface area contributed by atoms with Crippen molar-refractivity contribution in [1.29, 1.82) is 0 Å². The number of carbonyl (C=O) groups is 1. The zero-order valence-electron chi connectivity index (χ0n) is 14.5. The van der Waals surface area contributed by atoms with Crippen LogP contribution in [0.3, 0.4) is 0 Å². The molecule has 4 heterocycles. The van der Waals surface area contributed by atoms with Gasteiger partial charge in [0.25, 0.3) is 5.91 Å². The summed E-state index contributed by atoms with van der Waals surface area (Å²) >= 11 is 0. The van der Waals surface area contributed by atoms with E-state index in [-0.39, 0.29) is 5.91 Å². The minimum absolute atomic E-state index is 0.0618. The van der Waals surface area contributed by atoms with E-state index < -0.39 is 0 Å². The number of morpholine rings is 1. The normalized spacial score (nSPS) is 18.1. The van der Waals surface area contributed by atoms with Gasteiger partial charge in [-0.3, -0.25) is 4.79 Å². The first-order chi connectivity index (χ1) is 12.8. The van der Waals surface area contributed by atoms with Crippen molar-refractivity contribution in [3.05, 3.63) is 36.4 Å². The van der Waals surface area contributed by atoms with Gasteiger partial charge in [-0.1, -0.05) is 0 Å². The lowest BCUT2D eigenvalue weighted by Gasteiger charge is -2.34. The van der Waals surface area contributed by atoms with Crippen molar-refractivity contribution in [2.75, 3.05) is 62.3 Å². The Morgan fingerprint density at radius 2 is 1.46 bits per heavy atom. The lowest BCUT2D eigenvalue weighted by molar-refractivity contribution is 0.0299. The molecular weight excluding hydrogens is 334 g/mol. The molecule has 2 saturated heterocycles. The summed E-state index contributed by atoms with van der Waals surface area (Å²) in [5, 5.41) is 0. The molecule has 0 aliphatic carbocycles. The Labute approximate surface area is 151 Å². The molecule has 136 valence electrons. The topological polar surface area (TPSA) is 87.6 Å². The van der Waals surface area contributed by atoms with Gasteiger partial charge in [0.2, 0.25) is 11.9 Å². The largest absolute Gasteiger partial charge is 0.378 e. The molecule has 0 atom stereocenters. The molecule has 0 saturated carbocycles. The average Bonchev–Trinajstić information content (AvgIpc) is 2.75. The van der Waals surface area contributed by atoms with Crippen molar-refractivity contribution in [3.8, 4) is 0 Å². The van der Waals surface area contributed by atoms with Crippen LogP contribution in [-0.2, 0) is 4.74 Å². The first-order valence-electron chi connectivity index (χ1n) is 8.78. The van der Waals surface area contributed by atoms with Crippen molar-refractivity contribution in [2.24, 2.45) is 0 Å². The minimum Gasteiger partial charge on any atom is -0.378 e. The average molecular weight is 355 g/mol. The van der Waals surface area contributed by atoms with Gasteiger partial charge in [-0.2, -0.15) is 0 Å². The Bertz CT molecular complexity index is 744. The standard InChI is InChI=1S/C17H21N7O2/c25-15(22-10-12-26-13-11-22)14-2-5-20-17(21-14)24-8-6-23(7-9-24)16-18-3-1-4-19-16/h1-5H,6-13H2. The van der Waals surface area contributed by atoms with Crippen LogP contribution >= 0.6 is 0 Å². The Kier molecular flexibility index (Phi) is 4.87. The number of hydrogen-bond donors (Lipinski definition) is 0. The predicted molar refractivity (Wildman–Crippen MR) is 95.2 cm³/mol. The number of carbonyl (C=O) groups excluding carboxylic acids is 1. The van der Waals surface area contributed by atoms with Crippen molar-refractivity contribution in [1.82, 2.24) is 24.8 Å². The smallest absolute Gasteiger partial charge is 0.272 e. The van der Waals surface area contributed by atoms with Gasteiger partial charge in [-0.15, -0.1) is 0 Å². The molecule has 0 bridgehead atoms. The number of piperazine rings is 1. The number of nitrogens with zero attached hydrogens (tertiary/aromatic N) is 7. The molecule has 1 amide bonds. The summed E-state index contributed by atoms with van der Waals surface area (Å²) in [6, 6.07) is 3.49. The molecule has 4 rings (SSSR count). The summed E-state index contributed by atoms with van der Waals surface area (Å²) in [5.74, 6) is 1.27. The van der Waals surface area contributed by atoms with Gasteiger partial charge >= 0.3 is 0 Å². The highest BCUT2D eigenvalue weighted by Crippen LogP contribution is 2.15. The van der Waals surface area contributed by atoms with Crippen LogP contribution in [0.1, 0.15) is 10.5 Å². The Morgan fingerprint density at radius 1 is 0.846 bits per heavy atom. The van der Waals surface area contributed by atoms with E-state index in [1.54, 1.807) is 29.6 Å². The van der Waals surface area contributed by atoms with Crippen LogP contribution in [0, 0.1) is 0 Å². The summed E-state index contributed by atoms with van der Waals surface area (Å²) in [4.78, 5) is 36.1. The molecule has 0 unspecified atom stereocenters. The Balaban J connectivity index is 1.42. The van der Waals surface area contributed by atoms with Gasteiger partial charge in [0.1, 0.15) is 5.69 Å². The Morgan fingerprint density at radius 3 is 2.15 bits per heavy atom. The third-order valence-corrected chi connectivity index (χ3v) is 4.56. The van der Waals surface area contributed by atoms with E-state index in [2.05, 4.69) is 29.7 Å². The maximum atomic E-state index is 12.6. The highest BCUT2D eigenvalue weighted by molar-refractivity contribution is 5.92. The SMILES string of the molecule is O=C(c1ccnc(N2CCN(c3ncccn3)CC2)n1)N1CCOCC1. The van der Waals surface area contributed by atoms with Gasteiger partial charge in [0.15, 0.2) is 0 Å². The van der Waals surface area contributed by atoms with E-state index in [1.165, 1.54) is 0 Å². The first kappa shape index (κ1) is 16.6. The molecule has 2 fully saturated rings. The summed E-state index contributed by atoms with van der Waals surface area (Å²) in [6.07, 6.45) is 5.15. The summed E-state index contributed by atoms with van der Waals surface area (Å²) < 4.78 is 5.30. The second kappa shape index (κ2) is 7.61. The van der Waals surface area contributed by atoms with E-state index in [0.717, 1.165) is 32.1 Å². The summed E-state index contributed by atoms with van der Waals surface area (Å²) in [6.45, 7) is 5.45. The van der Waals surface area contributed by atoms with Crippen LogP contribution in [0.25, 0.3) is 0 Å². The monoisotopic (exact) mass is 355 g/mol. The molecule has 26 heavy (non-hydrogen) atoms. The van der Waals surface area contributed by atoms with Crippen molar-refractivity contribution >= 4 is 17.8 Å². The molecule has 9 nitrogen and oxygen atoms in total. The van der Waals surface area contributed by atoms with Crippen LogP contribution < -0.4 is 9.80 Å². The highest BCUT2D eigenvalue weighted by atomic mass is 16.5.